The molecule has 136 valence electrons. The summed E-state index contributed by atoms with van der Waals surface area (Å²) in [4.78, 5) is 14.7. The average molecular weight is 376 g/mol. The molecule has 0 spiro atoms. The van der Waals surface area contributed by atoms with E-state index in [4.69, 9.17) is 21.4 Å². The fraction of sp³-hybridized carbons (Fsp3) is 0.647. The number of rotatable bonds is 4. The van der Waals surface area contributed by atoms with Crippen LogP contribution in [-0.4, -0.2) is 39.7 Å². The molecule has 0 unspecified atom stereocenters. The normalized spacial score (nSPS) is 41.8. The number of nitrogens with zero attached hydrogens (tertiary/aromatic N) is 1. The van der Waals surface area contributed by atoms with Crippen LogP contribution in [0, 0.1) is 5.41 Å². The van der Waals surface area contributed by atoms with Crippen LogP contribution in [0.2, 0.25) is 5.02 Å². The SMILES string of the molecule is O=C(O)c1cnc(OCC23CC4(F)CC(F)(CC(F)(C4)C2)C3)c(Cl)c1. The van der Waals surface area contributed by atoms with E-state index in [0.717, 1.165) is 6.20 Å². The van der Waals surface area contributed by atoms with Gasteiger partial charge in [0.25, 0.3) is 0 Å². The third-order valence-electron chi connectivity index (χ3n) is 5.55. The summed E-state index contributed by atoms with van der Waals surface area (Å²) in [6.45, 7) is -0.102. The van der Waals surface area contributed by atoms with Crippen molar-refractivity contribution in [2.45, 2.75) is 55.5 Å². The van der Waals surface area contributed by atoms with Crippen LogP contribution in [0.25, 0.3) is 0 Å². The van der Waals surface area contributed by atoms with Gasteiger partial charge < -0.3 is 9.84 Å². The number of alkyl halides is 3. The molecular weight excluding hydrogens is 359 g/mol. The smallest absolute Gasteiger partial charge is 0.337 e. The first-order valence-corrected chi connectivity index (χ1v) is 8.50. The highest BCUT2D eigenvalue weighted by Gasteiger charge is 2.70. The number of ether oxygens (including phenoxy) is 1. The van der Waals surface area contributed by atoms with E-state index in [1.165, 1.54) is 6.07 Å². The molecule has 4 aliphatic rings. The maximum absolute atomic E-state index is 14.9. The number of aromatic nitrogens is 1. The Labute approximate surface area is 147 Å². The van der Waals surface area contributed by atoms with E-state index in [1.807, 2.05) is 0 Å². The largest absolute Gasteiger partial charge is 0.478 e. The van der Waals surface area contributed by atoms with Crippen LogP contribution in [-0.2, 0) is 0 Å². The van der Waals surface area contributed by atoms with Crippen LogP contribution in [0.5, 0.6) is 5.88 Å². The van der Waals surface area contributed by atoms with Crippen LogP contribution in [0.1, 0.15) is 48.9 Å². The first-order chi connectivity index (χ1) is 11.5. The summed E-state index contributed by atoms with van der Waals surface area (Å²) in [5, 5.41) is 8.89. The number of hydrogen-bond acceptors (Lipinski definition) is 3. The zero-order chi connectivity index (χ0) is 18.1. The molecule has 0 saturated heterocycles. The van der Waals surface area contributed by atoms with Crippen LogP contribution < -0.4 is 4.74 Å². The number of hydrogen-bond donors (Lipinski definition) is 1. The number of carboxylic acids is 1. The monoisotopic (exact) mass is 375 g/mol. The van der Waals surface area contributed by atoms with Gasteiger partial charge in [0, 0.05) is 30.9 Å². The summed E-state index contributed by atoms with van der Waals surface area (Å²) in [6.07, 6.45) is 0.513. The van der Waals surface area contributed by atoms with E-state index in [0.29, 0.717) is 0 Å². The maximum atomic E-state index is 14.9. The Bertz CT molecular complexity index is 705. The number of halogens is 4. The van der Waals surface area contributed by atoms with E-state index in [2.05, 4.69) is 4.98 Å². The highest BCUT2D eigenvalue weighted by molar-refractivity contribution is 6.32. The van der Waals surface area contributed by atoms with Gasteiger partial charge in [0.05, 0.1) is 12.2 Å². The van der Waals surface area contributed by atoms with Crippen molar-refractivity contribution in [2.75, 3.05) is 6.61 Å². The topological polar surface area (TPSA) is 59.4 Å². The highest BCUT2D eigenvalue weighted by atomic mass is 35.5. The van der Waals surface area contributed by atoms with Gasteiger partial charge in [-0.2, -0.15) is 0 Å². The van der Waals surface area contributed by atoms with Crippen LogP contribution in [0.4, 0.5) is 13.2 Å². The van der Waals surface area contributed by atoms with Crippen LogP contribution in [0.15, 0.2) is 12.3 Å². The molecule has 1 aromatic heterocycles. The second-order valence-corrected chi connectivity index (χ2v) is 8.53. The molecule has 1 aromatic rings. The molecule has 4 nitrogen and oxygen atoms in total. The highest BCUT2D eigenvalue weighted by Crippen LogP contribution is 2.68. The van der Waals surface area contributed by atoms with E-state index < -0.39 is 28.4 Å². The van der Waals surface area contributed by atoms with Gasteiger partial charge >= 0.3 is 5.97 Å². The zero-order valence-corrected chi connectivity index (χ0v) is 14.1. The van der Waals surface area contributed by atoms with E-state index in [-0.39, 0.29) is 61.6 Å². The van der Waals surface area contributed by atoms with Gasteiger partial charge in [0.2, 0.25) is 5.88 Å². The standard InChI is InChI=1S/C17H17ClF3NO3/c18-11-1-10(13(23)24)2-22-12(11)25-9-14-3-15(19)6-16(20,4-14)8-17(21,5-14)7-15/h1-2H,3-9H2,(H,23,24). The third kappa shape index (κ3) is 2.86. The number of aromatic carboxylic acids is 1. The fourth-order valence-corrected chi connectivity index (χ4v) is 5.71. The van der Waals surface area contributed by atoms with E-state index in [1.54, 1.807) is 0 Å². The molecule has 5 rings (SSSR count). The van der Waals surface area contributed by atoms with Gasteiger partial charge in [-0.25, -0.2) is 22.9 Å². The van der Waals surface area contributed by atoms with Crippen molar-refractivity contribution in [3.63, 3.8) is 0 Å². The lowest BCUT2D eigenvalue weighted by atomic mass is 9.46. The van der Waals surface area contributed by atoms with Crippen molar-refractivity contribution in [1.29, 1.82) is 0 Å². The van der Waals surface area contributed by atoms with Crippen LogP contribution >= 0.6 is 11.6 Å². The Morgan fingerprint density at radius 3 is 2.08 bits per heavy atom. The lowest BCUT2D eigenvalue weighted by Gasteiger charge is -2.62. The zero-order valence-electron chi connectivity index (χ0n) is 13.3. The second kappa shape index (κ2) is 5.02. The lowest BCUT2D eigenvalue weighted by Crippen LogP contribution is -2.66. The lowest BCUT2D eigenvalue weighted by molar-refractivity contribution is -0.223. The quantitative estimate of drug-likeness (QED) is 0.852. The van der Waals surface area contributed by atoms with Crippen molar-refractivity contribution in [1.82, 2.24) is 4.98 Å². The molecule has 8 heteroatoms. The molecule has 4 bridgehead atoms. The summed E-state index contributed by atoms with van der Waals surface area (Å²) in [5.74, 6) is -1.20. The van der Waals surface area contributed by atoms with Crippen molar-refractivity contribution < 1.29 is 27.8 Å². The molecule has 4 aliphatic carbocycles. The average Bonchev–Trinajstić information content (AvgIpc) is 2.40. The fourth-order valence-electron chi connectivity index (χ4n) is 5.49. The second-order valence-electron chi connectivity index (χ2n) is 8.12. The molecule has 25 heavy (non-hydrogen) atoms. The third-order valence-corrected chi connectivity index (χ3v) is 5.82. The molecule has 0 aromatic carbocycles. The van der Waals surface area contributed by atoms with Crippen molar-refractivity contribution in [3.8, 4) is 5.88 Å². The molecule has 0 atom stereocenters. The van der Waals surface area contributed by atoms with E-state index >= 15 is 0 Å². The van der Waals surface area contributed by atoms with Crippen molar-refractivity contribution in [2.24, 2.45) is 5.41 Å². The van der Waals surface area contributed by atoms with Gasteiger partial charge in [-0.1, -0.05) is 11.6 Å². The van der Waals surface area contributed by atoms with Crippen molar-refractivity contribution >= 4 is 17.6 Å². The van der Waals surface area contributed by atoms with Gasteiger partial charge in [-0.15, -0.1) is 0 Å². The molecule has 0 radical (unpaired) electrons. The summed E-state index contributed by atoms with van der Waals surface area (Å²) in [6, 6.07) is 1.19. The van der Waals surface area contributed by atoms with Gasteiger partial charge in [0.15, 0.2) is 0 Å². The Balaban J connectivity index is 1.56. The molecule has 1 N–H and O–H groups in total. The minimum absolute atomic E-state index is 0.00971. The first kappa shape index (κ1) is 16.9. The Hall–Kier alpha value is -1.50. The van der Waals surface area contributed by atoms with Gasteiger partial charge in [-0.05, 0) is 25.3 Å². The predicted octanol–water partition coefficient (Wildman–Crippen LogP) is 4.30. The summed E-state index contributed by atoms with van der Waals surface area (Å²) >= 11 is 5.97. The predicted molar refractivity (Wildman–Crippen MR) is 83.4 cm³/mol. The summed E-state index contributed by atoms with van der Waals surface area (Å²) < 4.78 is 50.3. The Morgan fingerprint density at radius 2 is 1.64 bits per heavy atom. The van der Waals surface area contributed by atoms with Crippen LogP contribution in [0.3, 0.4) is 0 Å². The molecule has 0 aliphatic heterocycles. The Morgan fingerprint density at radius 1 is 1.12 bits per heavy atom. The molecule has 4 saturated carbocycles. The molecular formula is C17H17ClF3NO3. The summed E-state index contributed by atoms with van der Waals surface area (Å²) in [7, 11) is 0. The minimum atomic E-state index is -1.84. The maximum Gasteiger partial charge on any atom is 0.337 e. The molecule has 4 fully saturated rings. The molecule has 1 heterocycles. The first-order valence-electron chi connectivity index (χ1n) is 8.12. The van der Waals surface area contributed by atoms with Crippen molar-refractivity contribution in [3.05, 3.63) is 22.8 Å². The van der Waals surface area contributed by atoms with Gasteiger partial charge in [0.1, 0.15) is 22.0 Å². The number of carbonyl (C=O) groups is 1. The van der Waals surface area contributed by atoms with Gasteiger partial charge in [-0.3, -0.25) is 0 Å². The minimum Gasteiger partial charge on any atom is -0.478 e. The number of pyridine rings is 1. The summed E-state index contributed by atoms with van der Waals surface area (Å²) in [5.41, 5.74) is -6.56. The Kier molecular flexibility index (Phi) is 3.40. The molecule has 0 amide bonds. The number of carboxylic acid groups (broad SMARTS) is 1. The van der Waals surface area contributed by atoms with E-state index in [9.17, 15) is 18.0 Å².